The number of piperidine rings is 1. The molecule has 8 nitrogen and oxygen atoms in total. The number of likely N-dealkylation sites (tertiary alicyclic amines) is 1. The van der Waals surface area contributed by atoms with Crippen molar-refractivity contribution in [1.29, 1.82) is 0 Å². The molecule has 0 aromatic heterocycles. The van der Waals surface area contributed by atoms with Gasteiger partial charge in [0.1, 0.15) is 12.2 Å². The predicted molar refractivity (Wildman–Crippen MR) is 97.8 cm³/mol. The predicted octanol–water partition coefficient (Wildman–Crippen LogP) is 1.99. The number of hydrogen-bond donors (Lipinski definition) is 3. The molecule has 1 aromatic carbocycles. The summed E-state index contributed by atoms with van der Waals surface area (Å²) in [5.41, 5.74) is -1.08. The Hall–Kier alpha value is -2.32. The van der Waals surface area contributed by atoms with Gasteiger partial charge in [-0.2, -0.15) is 0 Å². The number of hydrogen-bond acceptors (Lipinski definition) is 6. The molecule has 27 heavy (non-hydrogen) atoms. The maximum absolute atomic E-state index is 12.2. The average molecular weight is 380 g/mol. The minimum atomic E-state index is -1.77. The first-order valence-electron chi connectivity index (χ1n) is 8.94. The Kier molecular flexibility index (Phi) is 6.67. The van der Waals surface area contributed by atoms with E-state index in [1.54, 1.807) is 20.8 Å². The summed E-state index contributed by atoms with van der Waals surface area (Å²) < 4.78 is 10.5. The number of rotatable bonds is 4. The first-order chi connectivity index (χ1) is 12.6. The Labute approximate surface area is 159 Å². The van der Waals surface area contributed by atoms with Gasteiger partial charge in [-0.1, -0.05) is 30.3 Å². The van der Waals surface area contributed by atoms with Crippen LogP contribution in [0.3, 0.4) is 0 Å². The summed E-state index contributed by atoms with van der Waals surface area (Å²) in [6, 6.07) is 9.34. The van der Waals surface area contributed by atoms with E-state index in [9.17, 15) is 19.8 Å². The quantitative estimate of drug-likeness (QED) is 0.690. The number of carbonyl (C=O) groups is 2. The highest BCUT2D eigenvalue weighted by Gasteiger charge is 2.43. The molecule has 1 aliphatic rings. The molecule has 0 radical (unpaired) electrons. The fraction of sp³-hybridized carbons (Fsp3) is 0.579. The number of amides is 2. The number of aliphatic hydroxyl groups excluding tert-OH is 1. The van der Waals surface area contributed by atoms with Gasteiger partial charge in [-0.15, -0.1) is 0 Å². The van der Waals surface area contributed by atoms with Crippen LogP contribution in [0.1, 0.15) is 39.2 Å². The Morgan fingerprint density at radius 1 is 1.19 bits per heavy atom. The Morgan fingerprint density at radius 2 is 1.78 bits per heavy atom. The molecule has 0 spiro atoms. The summed E-state index contributed by atoms with van der Waals surface area (Å²) in [7, 11) is 0. The van der Waals surface area contributed by atoms with E-state index in [1.807, 2.05) is 30.3 Å². The molecule has 1 aliphatic heterocycles. The molecule has 0 saturated carbocycles. The fourth-order valence-corrected chi connectivity index (χ4v) is 2.85. The molecule has 0 bridgehead atoms. The van der Waals surface area contributed by atoms with Crippen molar-refractivity contribution >= 4 is 12.2 Å². The van der Waals surface area contributed by atoms with Crippen molar-refractivity contribution < 1.29 is 29.3 Å². The zero-order valence-electron chi connectivity index (χ0n) is 16.0. The molecule has 3 N–H and O–H groups in total. The zero-order chi connectivity index (χ0) is 20.1. The van der Waals surface area contributed by atoms with Crippen LogP contribution in [0.15, 0.2) is 30.3 Å². The third-order valence-electron chi connectivity index (χ3n) is 4.36. The van der Waals surface area contributed by atoms with Crippen LogP contribution >= 0.6 is 0 Å². The van der Waals surface area contributed by atoms with Crippen molar-refractivity contribution in [3.05, 3.63) is 35.9 Å². The fourth-order valence-electron chi connectivity index (χ4n) is 2.85. The van der Waals surface area contributed by atoms with Gasteiger partial charge in [-0.05, 0) is 39.2 Å². The van der Waals surface area contributed by atoms with Crippen LogP contribution in [0.2, 0.25) is 0 Å². The molecule has 0 aliphatic carbocycles. The normalized spacial score (nSPS) is 16.7. The van der Waals surface area contributed by atoms with Crippen LogP contribution in [0.5, 0.6) is 0 Å². The topological polar surface area (TPSA) is 108 Å². The molecular weight excluding hydrogens is 352 g/mol. The van der Waals surface area contributed by atoms with Crippen LogP contribution in [0.4, 0.5) is 9.59 Å². The maximum Gasteiger partial charge on any atom is 0.410 e. The van der Waals surface area contributed by atoms with Crippen LogP contribution in [-0.4, -0.2) is 57.8 Å². The average Bonchev–Trinajstić information content (AvgIpc) is 2.59. The molecular formula is C19H28N2O6. The molecule has 150 valence electrons. The second-order valence-corrected chi connectivity index (χ2v) is 7.68. The van der Waals surface area contributed by atoms with Crippen molar-refractivity contribution in [2.24, 2.45) is 0 Å². The Bertz CT molecular complexity index is 633. The van der Waals surface area contributed by atoms with Crippen molar-refractivity contribution in [3.63, 3.8) is 0 Å². The zero-order valence-corrected chi connectivity index (χ0v) is 16.0. The van der Waals surface area contributed by atoms with Crippen LogP contribution in [-0.2, 0) is 16.1 Å². The van der Waals surface area contributed by atoms with E-state index in [2.05, 4.69) is 5.32 Å². The van der Waals surface area contributed by atoms with Crippen molar-refractivity contribution in [1.82, 2.24) is 10.2 Å². The van der Waals surface area contributed by atoms with Gasteiger partial charge in [0.05, 0.1) is 5.54 Å². The number of alkyl carbamates (subject to hydrolysis) is 1. The van der Waals surface area contributed by atoms with E-state index in [0.717, 1.165) is 5.56 Å². The second-order valence-electron chi connectivity index (χ2n) is 7.68. The van der Waals surface area contributed by atoms with Crippen molar-refractivity contribution in [2.75, 3.05) is 13.1 Å². The van der Waals surface area contributed by atoms with E-state index in [-0.39, 0.29) is 32.5 Å². The van der Waals surface area contributed by atoms with Gasteiger partial charge in [0.2, 0.25) is 0 Å². The second kappa shape index (κ2) is 8.58. The van der Waals surface area contributed by atoms with Gasteiger partial charge in [-0.3, -0.25) is 0 Å². The third-order valence-corrected chi connectivity index (χ3v) is 4.36. The van der Waals surface area contributed by atoms with Gasteiger partial charge < -0.3 is 29.9 Å². The van der Waals surface area contributed by atoms with Gasteiger partial charge in [-0.25, -0.2) is 9.59 Å². The van der Waals surface area contributed by atoms with Gasteiger partial charge in [0, 0.05) is 13.1 Å². The number of carbonyl (C=O) groups excluding carboxylic acids is 2. The van der Waals surface area contributed by atoms with Crippen LogP contribution < -0.4 is 5.32 Å². The lowest BCUT2D eigenvalue weighted by atomic mass is 9.87. The summed E-state index contributed by atoms with van der Waals surface area (Å²) in [5.74, 6) is 0. The number of ether oxygens (including phenoxy) is 2. The van der Waals surface area contributed by atoms with Crippen molar-refractivity contribution in [3.8, 4) is 0 Å². The van der Waals surface area contributed by atoms with E-state index in [1.165, 1.54) is 4.90 Å². The maximum atomic E-state index is 12.2. The van der Waals surface area contributed by atoms with Gasteiger partial charge >= 0.3 is 12.2 Å². The molecule has 2 rings (SSSR count). The minimum Gasteiger partial charge on any atom is -0.445 e. The van der Waals surface area contributed by atoms with Gasteiger partial charge in [0.25, 0.3) is 0 Å². The van der Waals surface area contributed by atoms with E-state index >= 15 is 0 Å². The molecule has 0 atom stereocenters. The van der Waals surface area contributed by atoms with Crippen LogP contribution in [0.25, 0.3) is 0 Å². The molecule has 8 heteroatoms. The Morgan fingerprint density at radius 3 is 2.30 bits per heavy atom. The lowest BCUT2D eigenvalue weighted by molar-refractivity contribution is -0.124. The lowest BCUT2D eigenvalue weighted by Crippen LogP contribution is -2.62. The third kappa shape index (κ3) is 6.11. The molecule has 1 heterocycles. The molecule has 2 amide bonds. The minimum absolute atomic E-state index is 0.167. The number of benzene rings is 1. The number of nitrogens with zero attached hydrogens (tertiary/aromatic N) is 1. The summed E-state index contributed by atoms with van der Waals surface area (Å²) >= 11 is 0. The highest BCUT2D eigenvalue weighted by atomic mass is 16.6. The standard InChI is InChI=1S/C19H28N2O6/c1-18(2,3)27-16(24)20-19(15(22)23)9-11-21(12-10-19)17(25)26-13-14-7-5-4-6-8-14/h4-8,15,22-23H,9-13H2,1-3H3,(H,20,24). The summed E-state index contributed by atoms with van der Waals surface area (Å²) in [6.45, 7) is 5.78. The van der Waals surface area contributed by atoms with Crippen molar-refractivity contribution in [2.45, 2.75) is 57.6 Å². The monoisotopic (exact) mass is 380 g/mol. The highest BCUT2D eigenvalue weighted by molar-refractivity contribution is 5.70. The van der Waals surface area contributed by atoms with E-state index in [4.69, 9.17) is 9.47 Å². The molecule has 1 aromatic rings. The SMILES string of the molecule is CC(C)(C)OC(=O)NC1(C(O)O)CCN(C(=O)OCc2ccccc2)CC1. The van der Waals surface area contributed by atoms with Crippen LogP contribution in [0, 0.1) is 0 Å². The first-order valence-corrected chi connectivity index (χ1v) is 8.94. The molecule has 0 unspecified atom stereocenters. The summed E-state index contributed by atoms with van der Waals surface area (Å²) in [5, 5.41) is 22.2. The van der Waals surface area contributed by atoms with E-state index in [0.29, 0.717) is 0 Å². The Balaban J connectivity index is 1.89. The highest BCUT2D eigenvalue weighted by Crippen LogP contribution is 2.26. The molecule has 1 saturated heterocycles. The number of nitrogens with one attached hydrogen (secondary N) is 1. The number of aliphatic hydroxyl groups is 2. The summed E-state index contributed by atoms with van der Waals surface area (Å²) in [4.78, 5) is 25.8. The molecule has 1 fully saturated rings. The smallest absolute Gasteiger partial charge is 0.410 e. The van der Waals surface area contributed by atoms with E-state index < -0.39 is 29.6 Å². The first kappa shape index (κ1) is 21.0. The lowest BCUT2D eigenvalue weighted by Gasteiger charge is -2.42. The summed E-state index contributed by atoms with van der Waals surface area (Å²) in [6.07, 6.45) is -2.63. The van der Waals surface area contributed by atoms with Gasteiger partial charge in [0.15, 0.2) is 6.29 Å². The largest absolute Gasteiger partial charge is 0.445 e.